The number of nitrogens with one attached hydrogen (secondary N) is 1. The second-order valence-electron chi connectivity index (χ2n) is 5.94. The number of nitrogens with zero attached hydrogens (tertiary/aromatic N) is 1. The van der Waals surface area contributed by atoms with E-state index in [-0.39, 0.29) is 11.3 Å². The van der Waals surface area contributed by atoms with Crippen LogP contribution in [0.2, 0.25) is 0 Å². The van der Waals surface area contributed by atoms with Gasteiger partial charge in [-0.25, -0.2) is 10.2 Å². The number of rotatable bonds is 4. The molecule has 0 radical (unpaired) electrons. The SMILES string of the molecule is O=C(O)c1ccc(C=NNC(=O)c2cc3c(ccc4ccccc43)o2)cc1. The summed E-state index contributed by atoms with van der Waals surface area (Å²) in [6, 6.07) is 19.5. The molecular weight excluding hydrogens is 344 g/mol. The second-order valence-corrected chi connectivity index (χ2v) is 5.94. The van der Waals surface area contributed by atoms with Gasteiger partial charge in [-0.05, 0) is 40.6 Å². The van der Waals surface area contributed by atoms with Crippen molar-refractivity contribution >= 4 is 39.8 Å². The number of carbonyl (C=O) groups excluding carboxylic acids is 1. The van der Waals surface area contributed by atoms with Crippen molar-refractivity contribution in [1.82, 2.24) is 5.43 Å². The Bertz CT molecular complexity index is 1190. The van der Waals surface area contributed by atoms with Crippen LogP contribution in [0.5, 0.6) is 0 Å². The molecule has 0 saturated carbocycles. The molecule has 4 rings (SSSR count). The normalized spacial score (nSPS) is 11.3. The quantitative estimate of drug-likeness (QED) is 0.425. The van der Waals surface area contributed by atoms with Crippen LogP contribution in [-0.4, -0.2) is 23.2 Å². The van der Waals surface area contributed by atoms with E-state index in [0.29, 0.717) is 11.1 Å². The summed E-state index contributed by atoms with van der Waals surface area (Å²) in [7, 11) is 0. The van der Waals surface area contributed by atoms with Crippen molar-refractivity contribution in [2.45, 2.75) is 0 Å². The number of fused-ring (bicyclic) bond motifs is 3. The first kappa shape index (κ1) is 16.5. The topological polar surface area (TPSA) is 91.9 Å². The highest BCUT2D eigenvalue weighted by Gasteiger charge is 2.13. The first-order valence-corrected chi connectivity index (χ1v) is 8.20. The van der Waals surface area contributed by atoms with Gasteiger partial charge in [0.15, 0.2) is 5.76 Å². The average Bonchev–Trinajstić information content (AvgIpc) is 3.13. The van der Waals surface area contributed by atoms with Crippen LogP contribution < -0.4 is 5.43 Å². The van der Waals surface area contributed by atoms with E-state index < -0.39 is 11.9 Å². The Morgan fingerprint density at radius 1 is 0.963 bits per heavy atom. The third-order valence-electron chi connectivity index (χ3n) is 4.19. The molecule has 0 fully saturated rings. The zero-order valence-corrected chi connectivity index (χ0v) is 14.0. The minimum Gasteiger partial charge on any atom is -0.478 e. The van der Waals surface area contributed by atoms with E-state index in [0.717, 1.165) is 16.2 Å². The monoisotopic (exact) mass is 358 g/mol. The summed E-state index contributed by atoms with van der Waals surface area (Å²) in [6.07, 6.45) is 1.43. The molecule has 3 aromatic carbocycles. The summed E-state index contributed by atoms with van der Waals surface area (Å²) in [5.74, 6) is -1.29. The van der Waals surface area contributed by atoms with E-state index in [9.17, 15) is 9.59 Å². The van der Waals surface area contributed by atoms with Gasteiger partial charge < -0.3 is 9.52 Å². The summed E-state index contributed by atoms with van der Waals surface area (Å²) in [5.41, 5.74) is 3.89. The van der Waals surface area contributed by atoms with Crippen molar-refractivity contribution in [3.8, 4) is 0 Å². The van der Waals surface area contributed by atoms with Gasteiger partial charge in [0.2, 0.25) is 0 Å². The van der Waals surface area contributed by atoms with Gasteiger partial charge in [-0.1, -0.05) is 42.5 Å². The van der Waals surface area contributed by atoms with Crippen molar-refractivity contribution < 1.29 is 19.1 Å². The third kappa shape index (κ3) is 3.28. The Kier molecular flexibility index (Phi) is 4.14. The Hall–Kier alpha value is -3.93. The molecule has 0 aliphatic carbocycles. The van der Waals surface area contributed by atoms with Gasteiger partial charge in [0.05, 0.1) is 11.8 Å². The van der Waals surface area contributed by atoms with E-state index in [1.165, 1.54) is 18.3 Å². The molecule has 0 unspecified atom stereocenters. The fourth-order valence-corrected chi connectivity index (χ4v) is 2.84. The van der Waals surface area contributed by atoms with Gasteiger partial charge in [0.25, 0.3) is 0 Å². The highest BCUT2D eigenvalue weighted by atomic mass is 16.4. The average molecular weight is 358 g/mol. The van der Waals surface area contributed by atoms with Crippen molar-refractivity contribution in [2.75, 3.05) is 0 Å². The summed E-state index contributed by atoms with van der Waals surface area (Å²) >= 11 is 0. The largest absolute Gasteiger partial charge is 0.478 e. The molecule has 132 valence electrons. The lowest BCUT2D eigenvalue weighted by atomic mass is 10.1. The minimum absolute atomic E-state index is 0.166. The van der Waals surface area contributed by atoms with E-state index >= 15 is 0 Å². The van der Waals surface area contributed by atoms with Crippen molar-refractivity contribution in [1.29, 1.82) is 0 Å². The molecule has 1 aromatic heterocycles. The molecule has 0 atom stereocenters. The Labute approximate surface area is 153 Å². The number of hydrogen-bond donors (Lipinski definition) is 2. The van der Waals surface area contributed by atoms with Crippen molar-refractivity contribution in [3.63, 3.8) is 0 Å². The number of hydrogen-bond acceptors (Lipinski definition) is 4. The van der Waals surface area contributed by atoms with Crippen LogP contribution >= 0.6 is 0 Å². The van der Waals surface area contributed by atoms with Crippen LogP contribution in [-0.2, 0) is 0 Å². The van der Waals surface area contributed by atoms with Gasteiger partial charge in [-0.3, -0.25) is 4.79 Å². The van der Waals surface area contributed by atoms with Gasteiger partial charge in [-0.2, -0.15) is 5.10 Å². The lowest BCUT2D eigenvalue weighted by Gasteiger charge is -1.97. The molecule has 1 amide bonds. The zero-order chi connectivity index (χ0) is 18.8. The Morgan fingerprint density at radius 2 is 1.74 bits per heavy atom. The van der Waals surface area contributed by atoms with Gasteiger partial charge in [0, 0.05) is 5.39 Å². The predicted octanol–water partition coefficient (Wildman–Crippen LogP) is 4.05. The summed E-state index contributed by atoms with van der Waals surface area (Å²) < 4.78 is 5.63. The summed E-state index contributed by atoms with van der Waals surface area (Å²) in [4.78, 5) is 23.1. The van der Waals surface area contributed by atoms with E-state index in [4.69, 9.17) is 9.52 Å². The second kappa shape index (κ2) is 6.76. The molecule has 27 heavy (non-hydrogen) atoms. The van der Waals surface area contributed by atoms with Crippen LogP contribution in [0.3, 0.4) is 0 Å². The number of aromatic carboxylic acids is 1. The molecular formula is C21H14N2O4. The summed E-state index contributed by atoms with van der Waals surface area (Å²) in [6.45, 7) is 0. The lowest BCUT2D eigenvalue weighted by Crippen LogP contribution is -2.16. The number of amides is 1. The van der Waals surface area contributed by atoms with Crippen molar-refractivity contribution in [3.05, 3.63) is 83.6 Å². The molecule has 0 aliphatic heterocycles. The molecule has 4 aromatic rings. The van der Waals surface area contributed by atoms with Gasteiger partial charge in [0.1, 0.15) is 5.58 Å². The lowest BCUT2D eigenvalue weighted by molar-refractivity contribution is 0.0696. The number of carbonyl (C=O) groups is 2. The van der Waals surface area contributed by atoms with Gasteiger partial charge >= 0.3 is 11.9 Å². The molecule has 0 spiro atoms. The number of carboxylic acid groups (broad SMARTS) is 1. The number of furan rings is 1. The zero-order valence-electron chi connectivity index (χ0n) is 14.0. The van der Waals surface area contributed by atoms with Crippen LogP contribution in [0.4, 0.5) is 0 Å². The maximum absolute atomic E-state index is 12.3. The maximum Gasteiger partial charge on any atom is 0.335 e. The molecule has 0 bridgehead atoms. The molecule has 0 saturated heterocycles. The molecule has 2 N–H and O–H groups in total. The predicted molar refractivity (Wildman–Crippen MR) is 102 cm³/mol. The minimum atomic E-state index is -0.996. The third-order valence-corrected chi connectivity index (χ3v) is 4.19. The molecule has 6 nitrogen and oxygen atoms in total. The first-order valence-electron chi connectivity index (χ1n) is 8.20. The summed E-state index contributed by atoms with van der Waals surface area (Å²) in [5, 5.41) is 15.7. The molecule has 0 aliphatic rings. The first-order chi connectivity index (χ1) is 13.1. The number of carboxylic acids is 1. The number of benzene rings is 3. The van der Waals surface area contributed by atoms with Crippen LogP contribution in [0.1, 0.15) is 26.5 Å². The highest BCUT2D eigenvalue weighted by Crippen LogP contribution is 2.28. The Morgan fingerprint density at radius 3 is 2.52 bits per heavy atom. The van der Waals surface area contributed by atoms with E-state index in [1.54, 1.807) is 18.2 Å². The van der Waals surface area contributed by atoms with Crippen LogP contribution in [0.25, 0.3) is 21.7 Å². The highest BCUT2D eigenvalue weighted by molar-refractivity contribution is 6.08. The fourth-order valence-electron chi connectivity index (χ4n) is 2.84. The smallest absolute Gasteiger partial charge is 0.335 e. The van der Waals surface area contributed by atoms with Crippen molar-refractivity contribution in [2.24, 2.45) is 5.10 Å². The Balaban J connectivity index is 1.52. The molecule has 6 heteroatoms. The maximum atomic E-state index is 12.3. The van der Waals surface area contributed by atoms with E-state index in [1.807, 2.05) is 36.4 Å². The standard InChI is InChI=1S/C21H14N2O4/c24-20(23-22-12-13-5-7-15(8-6-13)21(25)26)19-11-17-16-4-2-1-3-14(16)9-10-18(17)27-19/h1-12H,(H,23,24)(H,25,26). The van der Waals surface area contributed by atoms with Crippen LogP contribution in [0.15, 0.2) is 76.2 Å². The number of hydrazone groups is 1. The fraction of sp³-hybridized carbons (Fsp3) is 0. The van der Waals surface area contributed by atoms with Gasteiger partial charge in [-0.15, -0.1) is 0 Å². The van der Waals surface area contributed by atoms with E-state index in [2.05, 4.69) is 10.5 Å². The molecule has 1 heterocycles. The van der Waals surface area contributed by atoms with Crippen LogP contribution in [0, 0.1) is 0 Å².